The SMILES string of the molecule is CC(Nc1cc(NN)nc(C(F)(F)F)n1)c1nncn1C. The largest absolute Gasteiger partial charge is 0.451 e. The third kappa shape index (κ3) is 3.37. The number of hydrazine groups is 1. The second-order valence-corrected chi connectivity index (χ2v) is 4.27. The van der Waals surface area contributed by atoms with Gasteiger partial charge >= 0.3 is 6.18 Å². The van der Waals surface area contributed by atoms with Crippen LogP contribution in [0.3, 0.4) is 0 Å². The second-order valence-electron chi connectivity index (χ2n) is 4.27. The van der Waals surface area contributed by atoms with Crippen molar-refractivity contribution in [3.63, 3.8) is 0 Å². The highest BCUT2D eigenvalue weighted by Crippen LogP contribution is 2.28. The molecule has 114 valence electrons. The van der Waals surface area contributed by atoms with E-state index in [2.05, 4.69) is 30.9 Å². The number of nitrogens with one attached hydrogen (secondary N) is 2. The molecule has 1 unspecified atom stereocenters. The fraction of sp³-hybridized carbons (Fsp3) is 0.400. The van der Waals surface area contributed by atoms with Crippen molar-refractivity contribution in [1.82, 2.24) is 24.7 Å². The molecule has 0 aliphatic heterocycles. The van der Waals surface area contributed by atoms with Crippen LogP contribution in [0.15, 0.2) is 12.4 Å². The maximum Gasteiger partial charge on any atom is 0.451 e. The first-order valence-corrected chi connectivity index (χ1v) is 5.84. The zero-order chi connectivity index (χ0) is 15.6. The molecule has 0 saturated heterocycles. The van der Waals surface area contributed by atoms with Crippen molar-refractivity contribution in [2.24, 2.45) is 12.9 Å². The zero-order valence-corrected chi connectivity index (χ0v) is 11.2. The van der Waals surface area contributed by atoms with Crippen molar-refractivity contribution < 1.29 is 13.2 Å². The summed E-state index contributed by atoms with van der Waals surface area (Å²) < 4.78 is 39.8. The van der Waals surface area contributed by atoms with E-state index < -0.39 is 18.0 Å². The van der Waals surface area contributed by atoms with Crippen molar-refractivity contribution in [2.75, 3.05) is 10.7 Å². The molecule has 0 fully saturated rings. The molecule has 4 N–H and O–H groups in total. The van der Waals surface area contributed by atoms with Crippen LogP contribution in [0.5, 0.6) is 0 Å². The van der Waals surface area contributed by atoms with Crippen LogP contribution in [0, 0.1) is 0 Å². The van der Waals surface area contributed by atoms with Gasteiger partial charge in [-0.05, 0) is 6.92 Å². The molecular formula is C10H13F3N8. The first-order chi connectivity index (χ1) is 9.81. The lowest BCUT2D eigenvalue weighted by molar-refractivity contribution is -0.144. The second kappa shape index (κ2) is 5.52. The molecule has 1 atom stereocenters. The molecule has 0 aliphatic carbocycles. The van der Waals surface area contributed by atoms with Gasteiger partial charge in [0.15, 0.2) is 5.82 Å². The van der Waals surface area contributed by atoms with Gasteiger partial charge in [0.25, 0.3) is 0 Å². The normalized spacial score (nSPS) is 13.0. The van der Waals surface area contributed by atoms with Gasteiger partial charge in [-0.1, -0.05) is 0 Å². The third-order valence-electron chi connectivity index (χ3n) is 2.63. The molecule has 0 spiro atoms. The quantitative estimate of drug-likeness (QED) is 0.573. The summed E-state index contributed by atoms with van der Waals surface area (Å²) in [5.41, 5.74) is 2.07. The Balaban J connectivity index is 2.29. The molecule has 0 bridgehead atoms. The van der Waals surface area contributed by atoms with Crippen LogP contribution in [-0.2, 0) is 13.2 Å². The van der Waals surface area contributed by atoms with Gasteiger partial charge in [-0.2, -0.15) is 13.2 Å². The highest BCUT2D eigenvalue weighted by Gasteiger charge is 2.35. The van der Waals surface area contributed by atoms with E-state index in [-0.39, 0.29) is 11.6 Å². The Morgan fingerprint density at radius 2 is 1.95 bits per heavy atom. The summed E-state index contributed by atoms with van der Waals surface area (Å²) in [6.07, 6.45) is -3.18. The summed E-state index contributed by atoms with van der Waals surface area (Å²) in [5.74, 6) is 4.20. The van der Waals surface area contributed by atoms with Crippen molar-refractivity contribution in [1.29, 1.82) is 0 Å². The first-order valence-electron chi connectivity index (χ1n) is 5.84. The van der Waals surface area contributed by atoms with Gasteiger partial charge in [-0.25, -0.2) is 15.8 Å². The number of nitrogens with two attached hydrogens (primary N) is 1. The van der Waals surface area contributed by atoms with Gasteiger partial charge in [0.1, 0.15) is 18.0 Å². The van der Waals surface area contributed by atoms with Gasteiger partial charge in [0, 0.05) is 13.1 Å². The van der Waals surface area contributed by atoms with E-state index in [0.29, 0.717) is 5.82 Å². The molecule has 21 heavy (non-hydrogen) atoms. The Hall–Kier alpha value is -2.43. The van der Waals surface area contributed by atoms with Crippen LogP contribution in [0.4, 0.5) is 24.8 Å². The van der Waals surface area contributed by atoms with Gasteiger partial charge in [0.05, 0.1) is 6.04 Å². The molecule has 11 heteroatoms. The summed E-state index contributed by atoms with van der Waals surface area (Å²) in [4.78, 5) is 6.70. The molecule has 0 aromatic carbocycles. The highest BCUT2D eigenvalue weighted by molar-refractivity contribution is 5.48. The molecule has 2 rings (SSSR count). The number of hydrogen-bond acceptors (Lipinski definition) is 7. The van der Waals surface area contributed by atoms with Gasteiger partial charge in [-0.3, -0.25) is 0 Å². The Morgan fingerprint density at radius 1 is 1.29 bits per heavy atom. The number of alkyl halides is 3. The lowest BCUT2D eigenvalue weighted by Gasteiger charge is -2.15. The molecule has 2 aromatic rings. The number of anilines is 2. The molecule has 2 aromatic heterocycles. The molecule has 2 heterocycles. The Bertz CT molecular complexity index is 623. The van der Waals surface area contributed by atoms with E-state index in [1.165, 1.54) is 12.4 Å². The minimum Gasteiger partial charge on any atom is -0.360 e. The van der Waals surface area contributed by atoms with Crippen LogP contribution < -0.4 is 16.6 Å². The van der Waals surface area contributed by atoms with E-state index in [1.54, 1.807) is 18.5 Å². The van der Waals surface area contributed by atoms with Crippen molar-refractivity contribution in [3.05, 3.63) is 24.0 Å². The van der Waals surface area contributed by atoms with Crippen LogP contribution in [0.1, 0.15) is 24.6 Å². The molecular weight excluding hydrogens is 289 g/mol. The fourth-order valence-electron chi connectivity index (χ4n) is 1.69. The lowest BCUT2D eigenvalue weighted by Crippen LogP contribution is -2.19. The summed E-state index contributed by atoms with van der Waals surface area (Å²) in [7, 11) is 1.72. The average Bonchev–Trinajstić information content (AvgIpc) is 2.83. The summed E-state index contributed by atoms with van der Waals surface area (Å²) in [5, 5.41) is 10.4. The van der Waals surface area contributed by atoms with E-state index in [1.807, 2.05) is 0 Å². The van der Waals surface area contributed by atoms with Crippen molar-refractivity contribution in [2.45, 2.75) is 19.1 Å². The maximum atomic E-state index is 12.7. The van der Waals surface area contributed by atoms with Gasteiger partial charge in [0.2, 0.25) is 5.82 Å². The smallest absolute Gasteiger partial charge is 0.360 e. The third-order valence-corrected chi connectivity index (χ3v) is 2.63. The monoisotopic (exact) mass is 302 g/mol. The number of halogens is 3. The molecule has 0 radical (unpaired) electrons. The average molecular weight is 302 g/mol. The minimum atomic E-state index is -4.67. The maximum absolute atomic E-state index is 12.7. The Morgan fingerprint density at radius 3 is 2.48 bits per heavy atom. The molecule has 0 aliphatic rings. The predicted octanol–water partition coefficient (Wildman–Crippen LogP) is 1.08. The Kier molecular flexibility index (Phi) is 3.93. The first kappa shape index (κ1) is 15.0. The van der Waals surface area contributed by atoms with Crippen LogP contribution in [-0.4, -0.2) is 24.7 Å². The summed E-state index contributed by atoms with van der Waals surface area (Å²) >= 11 is 0. The topological polar surface area (TPSA) is 107 Å². The number of nitrogen functional groups attached to an aromatic ring is 1. The van der Waals surface area contributed by atoms with E-state index in [4.69, 9.17) is 5.84 Å². The number of aromatic nitrogens is 5. The summed E-state index contributed by atoms with van der Waals surface area (Å²) in [6.45, 7) is 1.72. The van der Waals surface area contributed by atoms with Gasteiger partial charge < -0.3 is 15.3 Å². The molecule has 0 amide bonds. The highest BCUT2D eigenvalue weighted by atomic mass is 19.4. The van der Waals surface area contributed by atoms with E-state index in [0.717, 1.165) is 0 Å². The van der Waals surface area contributed by atoms with Crippen LogP contribution in [0.25, 0.3) is 0 Å². The minimum absolute atomic E-state index is 0.0271. The van der Waals surface area contributed by atoms with Crippen LogP contribution >= 0.6 is 0 Å². The number of hydrogen-bond donors (Lipinski definition) is 3. The number of rotatable bonds is 4. The van der Waals surface area contributed by atoms with E-state index in [9.17, 15) is 13.2 Å². The number of aryl methyl sites for hydroxylation is 1. The number of nitrogens with zero attached hydrogens (tertiary/aromatic N) is 5. The van der Waals surface area contributed by atoms with Crippen molar-refractivity contribution in [3.8, 4) is 0 Å². The zero-order valence-electron chi connectivity index (χ0n) is 11.2. The molecule has 8 nitrogen and oxygen atoms in total. The van der Waals surface area contributed by atoms with Crippen molar-refractivity contribution >= 4 is 11.6 Å². The molecule has 0 saturated carbocycles. The van der Waals surface area contributed by atoms with Gasteiger partial charge in [-0.15, -0.1) is 10.2 Å². The standard InChI is InChI=1S/C10H13F3N8/c1-5(8-20-15-4-21(8)2)16-6-3-7(19-14)18-9(17-6)10(11,12)13/h3-5H,14H2,1-2H3,(H2,16,17,18,19). The predicted molar refractivity (Wildman–Crippen MR) is 67.9 cm³/mol. The summed E-state index contributed by atoms with van der Waals surface area (Å²) in [6, 6.07) is 0.862. The van der Waals surface area contributed by atoms with E-state index >= 15 is 0 Å². The lowest BCUT2D eigenvalue weighted by atomic mass is 10.3. The fourth-order valence-corrected chi connectivity index (χ4v) is 1.69. The Labute approximate surface area is 117 Å². The van der Waals surface area contributed by atoms with Crippen LogP contribution in [0.2, 0.25) is 0 Å².